The molecule has 0 aliphatic rings. The number of rotatable bonds is 5. The maximum absolute atomic E-state index is 12.4. The number of furan rings is 1. The van der Waals surface area contributed by atoms with Gasteiger partial charge >= 0.3 is 0 Å². The van der Waals surface area contributed by atoms with Crippen molar-refractivity contribution in [2.24, 2.45) is 0 Å². The molecule has 0 saturated heterocycles. The number of carbonyl (C=O) groups is 1. The Morgan fingerprint density at radius 2 is 1.83 bits per heavy atom. The molecule has 29 heavy (non-hydrogen) atoms. The molecule has 4 nitrogen and oxygen atoms in total. The van der Waals surface area contributed by atoms with E-state index in [9.17, 15) is 4.79 Å². The molecule has 0 bridgehead atoms. The third-order valence-corrected chi connectivity index (χ3v) is 5.48. The monoisotopic (exact) mass is 396 g/mol. The van der Waals surface area contributed by atoms with E-state index in [1.165, 1.54) is 11.3 Å². The summed E-state index contributed by atoms with van der Waals surface area (Å²) in [7, 11) is 0. The molecule has 0 saturated carbocycles. The second-order valence-corrected chi connectivity index (χ2v) is 7.48. The Morgan fingerprint density at radius 1 is 1.00 bits per heavy atom. The van der Waals surface area contributed by atoms with Crippen molar-refractivity contribution in [3.05, 3.63) is 101 Å². The van der Waals surface area contributed by atoms with Crippen LogP contribution in [0.4, 0.5) is 0 Å². The van der Waals surface area contributed by atoms with E-state index in [0.29, 0.717) is 16.3 Å². The first kappa shape index (κ1) is 17.4. The van der Waals surface area contributed by atoms with E-state index in [1.807, 2.05) is 84.4 Å². The molecule has 5 rings (SSSR count). The van der Waals surface area contributed by atoms with E-state index < -0.39 is 0 Å². The molecule has 0 unspecified atom stereocenters. The summed E-state index contributed by atoms with van der Waals surface area (Å²) in [6.07, 6.45) is 5.30. The van der Waals surface area contributed by atoms with Crippen molar-refractivity contribution in [2.45, 2.75) is 0 Å². The number of hydrogen-bond acceptors (Lipinski definition) is 4. The largest absolute Gasteiger partial charge is 0.454 e. The number of hydrogen-bond donors (Lipinski definition) is 0. The van der Waals surface area contributed by atoms with Gasteiger partial charge in [0.1, 0.15) is 11.3 Å². The highest BCUT2D eigenvalue weighted by Gasteiger charge is 2.15. The van der Waals surface area contributed by atoms with Crippen LogP contribution in [0.3, 0.4) is 0 Å². The highest BCUT2D eigenvalue weighted by Crippen LogP contribution is 2.30. The molecule has 0 atom stereocenters. The number of nitrogens with zero attached hydrogens (tertiary/aromatic N) is 2. The molecule has 3 heterocycles. The molecule has 0 spiro atoms. The maximum atomic E-state index is 12.4. The van der Waals surface area contributed by atoms with Crippen molar-refractivity contribution in [2.75, 3.05) is 0 Å². The van der Waals surface area contributed by atoms with Gasteiger partial charge in [0.25, 0.3) is 0 Å². The van der Waals surface area contributed by atoms with Crippen molar-refractivity contribution < 1.29 is 9.21 Å². The molecule has 0 aliphatic heterocycles. The van der Waals surface area contributed by atoms with E-state index in [4.69, 9.17) is 9.52 Å². The fourth-order valence-electron chi connectivity index (χ4n) is 3.18. The van der Waals surface area contributed by atoms with E-state index in [-0.39, 0.29) is 5.78 Å². The van der Waals surface area contributed by atoms with Crippen LogP contribution in [-0.2, 0) is 0 Å². The fourth-order valence-corrected chi connectivity index (χ4v) is 3.82. The molecule has 0 fully saturated rings. The van der Waals surface area contributed by atoms with Gasteiger partial charge in [-0.1, -0.05) is 42.5 Å². The van der Waals surface area contributed by atoms with Gasteiger partial charge in [-0.15, -0.1) is 11.3 Å². The maximum Gasteiger partial charge on any atom is 0.195 e. The third kappa shape index (κ3) is 3.44. The smallest absolute Gasteiger partial charge is 0.195 e. The Morgan fingerprint density at radius 3 is 2.62 bits per heavy atom. The van der Waals surface area contributed by atoms with Crippen LogP contribution < -0.4 is 0 Å². The Kier molecular flexibility index (Phi) is 4.42. The molecule has 0 radical (unpaired) electrons. The number of allylic oxidation sites excluding steroid dienone is 1. The molecular formula is C24H16N2O2S. The summed E-state index contributed by atoms with van der Waals surface area (Å²) in [4.78, 5) is 13.1. The average Bonchev–Trinajstić information content (AvgIpc) is 3.51. The van der Waals surface area contributed by atoms with Gasteiger partial charge in [-0.3, -0.25) is 4.79 Å². The zero-order valence-electron chi connectivity index (χ0n) is 15.4. The molecule has 5 heteroatoms. The summed E-state index contributed by atoms with van der Waals surface area (Å²) in [5, 5.41) is 7.66. The lowest BCUT2D eigenvalue weighted by Crippen LogP contribution is -1.93. The lowest BCUT2D eigenvalue weighted by Gasteiger charge is -1.98. The fraction of sp³-hybridized carbons (Fsp3) is 0. The van der Waals surface area contributed by atoms with Crippen LogP contribution in [0.25, 0.3) is 34.2 Å². The molecular weight excluding hydrogens is 380 g/mol. The molecule has 3 aromatic heterocycles. The van der Waals surface area contributed by atoms with Gasteiger partial charge in [-0.25, -0.2) is 4.68 Å². The zero-order valence-corrected chi connectivity index (χ0v) is 16.2. The second-order valence-electron chi connectivity index (χ2n) is 6.54. The lowest BCUT2D eigenvalue weighted by molar-refractivity contribution is 0.105. The molecule has 5 aromatic rings. The van der Waals surface area contributed by atoms with Crippen LogP contribution in [0, 0.1) is 0 Å². The summed E-state index contributed by atoms with van der Waals surface area (Å²) < 4.78 is 7.83. The summed E-state index contributed by atoms with van der Waals surface area (Å²) >= 11 is 1.43. The van der Waals surface area contributed by atoms with Gasteiger partial charge in [0.15, 0.2) is 11.5 Å². The van der Waals surface area contributed by atoms with Crippen molar-refractivity contribution in [1.29, 1.82) is 0 Å². The van der Waals surface area contributed by atoms with Crippen LogP contribution in [0.2, 0.25) is 0 Å². The standard InChI is InChI=1S/C24H16N2O2S/c27-20(23-11-6-14-29-23)13-12-18-16-26(19-8-2-1-3-9-19)25-24(18)22-15-17-7-4-5-10-21(17)28-22/h1-16H. The number of fused-ring (bicyclic) bond motifs is 1. The molecule has 0 N–H and O–H groups in total. The van der Waals surface area contributed by atoms with Gasteiger partial charge < -0.3 is 4.42 Å². The van der Waals surface area contributed by atoms with Gasteiger partial charge in [-0.2, -0.15) is 5.10 Å². The molecule has 140 valence electrons. The van der Waals surface area contributed by atoms with Crippen LogP contribution in [0.1, 0.15) is 15.2 Å². The number of aromatic nitrogens is 2. The number of para-hydroxylation sites is 2. The van der Waals surface area contributed by atoms with Crippen molar-refractivity contribution in [1.82, 2.24) is 9.78 Å². The Labute approximate surface area is 171 Å². The quantitative estimate of drug-likeness (QED) is 0.261. The number of ketones is 1. The summed E-state index contributed by atoms with van der Waals surface area (Å²) in [5.74, 6) is 0.645. The lowest BCUT2D eigenvalue weighted by atomic mass is 10.1. The van der Waals surface area contributed by atoms with Gasteiger partial charge in [0.2, 0.25) is 0 Å². The van der Waals surface area contributed by atoms with Gasteiger partial charge in [0.05, 0.1) is 10.6 Å². The van der Waals surface area contributed by atoms with Crippen molar-refractivity contribution >= 4 is 34.2 Å². The molecule has 0 aliphatic carbocycles. The van der Waals surface area contributed by atoms with Crippen LogP contribution >= 0.6 is 11.3 Å². The highest BCUT2D eigenvalue weighted by atomic mass is 32.1. The molecule has 2 aromatic carbocycles. The first-order chi connectivity index (χ1) is 14.3. The van der Waals surface area contributed by atoms with Gasteiger partial charge in [-0.05, 0) is 47.9 Å². The van der Waals surface area contributed by atoms with Crippen LogP contribution in [0.5, 0.6) is 0 Å². The number of carbonyl (C=O) groups excluding carboxylic acids is 1. The minimum atomic E-state index is -0.0250. The predicted molar refractivity (Wildman–Crippen MR) is 116 cm³/mol. The Balaban J connectivity index is 1.60. The second kappa shape index (κ2) is 7.37. The molecule has 0 amide bonds. The normalized spacial score (nSPS) is 11.4. The van der Waals surface area contributed by atoms with Crippen molar-refractivity contribution in [3.8, 4) is 17.1 Å². The summed E-state index contributed by atoms with van der Waals surface area (Å²) in [5.41, 5.74) is 3.26. The Hall–Kier alpha value is -3.70. The van der Waals surface area contributed by atoms with E-state index in [1.54, 1.807) is 16.8 Å². The summed E-state index contributed by atoms with van der Waals surface area (Å²) in [6, 6.07) is 23.4. The topological polar surface area (TPSA) is 48.0 Å². The van der Waals surface area contributed by atoms with Crippen LogP contribution in [-0.4, -0.2) is 15.6 Å². The van der Waals surface area contributed by atoms with Crippen LogP contribution in [0.15, 0.2) is 94.9 Å². The number of thiophene rings is 1. The first-order valence-electron chi connectivity index (χ1n) is 9.18. The van der Waals surface area contributed by atoms with Gasteiger partial charge in [0, 0.05) is 17.1 Å². The minimum absolute atomic E-state index is 0.0250. The van der Waals surface area contributed by atoms with E-state index in [0.717, 1.165) is 22.2 Å². The van der Waals surface area contributed by atoms with Crippen molar-refractivity contribution in [3.63, 3.8) is 0 Å². The number of benzene rings is 2. The van der Waals surface area contributed by atoms with E-state index >= 15 is 0 Å². The first-order valence-corrected chi connectivity index (χ1v) is 10.1. The van der Waals surface area contributed by atoms with E-state index in [2.05, 4.69) is 0 Å². The Bertz CT molecular complexity index is 1280. The predicted octanol–water partition coefficient (Wildman–Crippen LogP) is 6.24. The SMILES string of the molecule is O=C(C=Cc1cn(-c2ccccc2)nc1-c1cc2ccccc2o1)c1cccs1. The summed E-state index contributed by atoms with van der Waals surface area (Å²) in [6.45, 7) is 0. The zero-order chi connectivity index (χ0) is 19.6. The highest BCUT2D eigenvalue weighted by molar-refractivity contribution is 7.12. The average molecular weight is 396 g/mol. The minimum Gasteiger partial charge on any atom is -0.454 e. The third-order valence-electron chi connectivity index (χ3n) is 4.60.